The molecule has 0 N–H and O–H groups in total. The predicted octanol–water partition coefficient (Wildman–Crippen LogP) is 4.87. The van der Waals surface area contributed by atoms with Crippen LogP contribution >= 0.6 is 23.4 Å². The summed E-state index contributed by atoms with van der Waals surface area (Å²) in [5, 5.41) is 0. The average Bonchev–Trinajstić information content (AvgIpc) is 2.46. The van der Waals surface area contributed by atoms with Crippen LogP contribution in [0.2, 0.25) is 0 Å². The van der Waals surface area contributed by atoms with Crippen molar-refractivity contribution in [1.29, 1.82) is 0 Å². The minimum absolute atomic E-state index is 0.278. The van der Waals surface area contributed by atoms with Gasteiger partial charge in [-0.3, -0.25) is 0 Å². The zero-order valence-electron chi connectivity index (χ0n) is 10.5. The van der Waals surface area contributed by atoms with Crippen LogP contribution in [0.4, 0.5) is 4.39 Å². The van der Waals surface area contributed by atoms with E-state index in [2.05, 4.69) is 0 Å². The summed E-state index contributed by atoms with van der Waals surface area (Å²) < 4.78 is 18.4. The van der Waals surface area contributed by atoms with Gasteiger partial charge in [-0.05, 0) is 35.4 Å². The smallest absolute Gasteiger partial charge is 0.165 e. The van der Waals surface area contributed by atoms with Crippen LogP contribution in [-0.4, -0.2) is 7.11 Å². The first-order chi connectivity index (χ1) is 9.22. The molecule has 0 aliphatic heterocycles. The van der Waals surface area contributed by atoms with E-state index in [-0.39, 0.29) is 11.6 Å². The van der Waals surface area contributed by atoms with Crippen LogP contribution in [0.25, 0.3) is 0 Å². The first-order valence-electron chi connectivity index (χ1n) is 5.83. The molecule has 0 fully saturated rings. The van der Waals surface area contributed by atoms with Crippen LogP contribution in [0.15, 0.2) is 47.4 Å². The summed E-state index contributed by atoms with van der Waals surface area (Å²) in [6.45, 7) is 0. The normalized spacial score (nSPS) is 10.5. The second kappa shape index (κ2) is 6.83. The number of benzene rings is 2. The van der Waals surface area contributed by atoms with E-state index >= 15 is 0 Å². The van der Waals surface area contributed by atoms with Crippen molar-refractivity contribution in [2.24, 2.45) is 0 Å². The van der Waals surface area contributed by atoms with Gasteiger partial charge in [0.15, 0.2) is 11.6 Å². The van der Waals surface area contributed by atoms with Crippen molar-refractivity contribution in [1.82, 2.24) is 0 Å². The Labute approximate surface area is 121 Å². The quantitative estimate of drug-likeness (QED) is 0.575. The van der Waals surface area contributed by atoms with Gasteiger partial charge in [-0.25, -0.2) is 4.39 Å². The van der Waals surface area contributed by atoms with E-state index in [9.17, 15) is 4.39 Å². The third-order valence-electron chi connectivity index (χ3n) is 2.70. The fraction of sp³-hybridized carbons (Fsp3) is 0.200. The monoisotopic (exact) mass is 296 g/mol. The largest absolute Gasteiger partial charge is 0.494 e. The van der Waals surface area contributed by atoms with E-state index < -0.39 is 0 Å². The topological polar surface area (TPSA) is 9.23 Å². The molecule has 0 radical (unpaired) electrons. The predicted molar refractivity (Wildman–Crippen MR) is 78.5 cm³/mol. The maximum Gasteiger partial charge on any atom is 0.165 e. The van der Waals surface area contributed by atoms with E-state index in [4.69, 9.17) is 16.3 Å². The molecule has 0 bridgehead atoms. The molecule has 0 atom stereocenters. The highest BCUT2D eigenvalue weighted by atomic mass is 35.5. The van der Waals surface area contributed by atoms with Gasteiger partial charge in [-0.1, -0.05) is 18.2 Å². The Morgan fingerprint density at radius 2 is 1.79 bits per heavy atom. The molecule has 0 saturated carbocycles. The van der Waals surface area contributed by atoms with Gasteiger partial charge >= 0.3 is 0 Å². The van der Waals surface area contributed by atoms with Crippen molar-refractivity contribution in [3.8, 4) is 5.75 Å². The van der Waals surface area contributed by atoms with Gasteiger partial charge in [-0.15, -0.1) is 23.4 Å². The lowest BCUT2D eigenvalue weighted by Gasteiger charge is -2.06. The molecule has 0 heterocycles. The second-order valence-corrected chi connectivity index (χ2v) is 5.35. The van der Waals surface area contributed by atoms with Crippen molar-refractivity contribution in [3.63, 3.8) is 0 Å². The molecule has 0 aromatic heterocycles. The van der Waals surface area contributed by atoms with E-state index in [1.165, 1.54) is 13.2 Å². The summed E-state index contributed by atoms with van der Waals surface area (Å²) in [6.07, 6.45) is 0. The molecule has 0 amide bonds. The van der Waals surface area contributed by atoms with Crippen molar-refractivity contribution in [2.45, 2.75) is 16.5 Å². The van der Waals surface area contributed by atoms with Gasteiger partial charge < -0.3 is 4.74 Å². The van der Waals surface area contributed by atoms with Crippen molar-refractivity contribution < 1.29 is 9.13 Å². The lowest BCUT2D eigenvalue weighted by Crippen LogP contribution is -1.90. The Balaban J connectivity index is 1.99. The number of methoxy groups -OCH3 is 1. The number of hydrogen-bond acceptors (Lipinski definition) is 2. The van der Waals surface area contributed by atoms with Crippen LogP contribution in [0.1, 0.15) is 11.1 Å². The Morgan fingerprint density at radius 1 is 1.11 bits per heavy atom. The first kappa shape index (κ1) is 14.2. The lowest BCUT2D eigenvalue weighted by molar-refractivity contribution is 0.386. The van der Waals surface area contributed by atoms with E-state index in [1.807, 2.05) is 30.3 Å². The first-order valence-corrected chi connectivity index (χ1v) is 7.35. The Hall–Kier alpha value is -1.19. The maximum atomic E-state index is 13.5. The highest BCUT2D eigenvalue weighted by Crippen LogP contribution is 2.25. The fourth-order valence-corrected chi connectivity index (χ4v) is 2.66. The van der Waals surface area contributed by atoms with E-state index in [0.29, 0.717) is 5.88 Å². The number of halogens is 2. The van der Waals surface area contributed by atoms with Crippen molar-refractivity contribution in [2.75, 3.05) is 7.11 Å². The molecule has 4 heteroatoms. The lowest BCUT2D eigenvalue weighted by atomic mass is 10.2. The van der Waals surface area contributed by atoms with Crippen molar-refractivity contribution >= 4 is 23.4 Å². The standard InChI is InChI=1S/C15H14ClFOS/c1-18-15-7-4-12(8-14(15)17)10-19-13-5-2-11(9-16)3-6-13/h2-8H,9-10H2,1H3. The molecule has 0 aliphatic carbocycles. The molecule has 1 nitrogen and oxygen atoms in total. The van der Waals surface area contributed by atoms with Gasteiger partial charge in [0, 0.05) is 16.5 Å². The molecule has 2 rings (SSSR count). The maximum absolute atomic E-state index is 13.5. The number of alkyl halides is 1. The summed E-state index contributed by atoms with van der Waals surface area (Å²) in [6, 6.07) is 13.1. The van der Waals surface area contributed by atoms with Gasteiger partial charge in [0.05, 0.1) is 7.11 Å². The average molecular weight is 297 g/mol. The molecule has 2 aromatic carbocycles. The van der Waals surface area contributed by atoms with Crippen LogP contribution in [0.3, 0.4) is 0 Å². The van der Waals surface area contributed by atoms with E-state index in [0.717, 1.165) is 21.8 Å². The number of hydrogen-bond donors (Lipinski definition) is 0. The molecule has 0 unspecified atom stereocenters. The zero-order valence-corrected chi connectivity index (χ0v) is 12.1. The molecule has 0 spiro atoms. The minimum Gasteiger partial charge on any atom is -0.494 e. The highest BCUT2D eigenvalue weighted by molar-refractivity contribution is 7.98. The van der Waals surface area contributed by atoms with Gasteiger partial charge in [0.25, 0.3) is 0 Å². The summed E-state index contributed by atoms with van der Waals surface area (Å²) >= 11 is 7.40. The fourth-order valence-electron chi connectivity index (χ4n) is 1.64. The Bertz CT molecular complexity index is 542. The molecular formula is C15H14ClFOS. The van der Waals surface area contributed by atoms with E-state index in [1.54, 1.807) is 17.8 Å². The summed E-state index contributed by atoms with van der Waals surface area (Å²) in [5.74, 6) is 1.20. The molecular weight excluding hydrogens is 283 g/mol. The van der Waals surface area contributed by atoms with Crippen LogP contribution in [0, 0.1) is 5.82 Å². The second-order valence-electron chi connectivity index (χ2n) is 4.04. The molecule has 0 saturated heterocycles. The van der Waals surface area contributed by atoms with Gasteiger partial charge in [0.2, 0.25) is 0 Å². The van der Waals surface area contributed by atoms with Crippen LogP contribution < -0.4 is 4.74 Å². The molecule has 0 aliphatic rings. The van der Waals surface area contributed by atoms with Gasteiger partial charge in [0.1, 0.15) is 0 Å². The molecule has 19 heavy (non-hydrogen) atoms. The molecule has 100 valence electrons. The number of rotatable bonds is 5. The Kier molecular flexibility index (Phi) is 5.11. The summed E-state index contributed by atoms with van der Waals surface area (Å²) in [7, 11) is 1.46. The van der Waals surface area contributed by atoms with Gasteiger partial charge in [-0.2, -0.15) is 0 Å². The SMILES string of the molecule is COc1ccc(CSc2ccc(CCl)cc2)cc1F. The minimum atomic E-state index is -0.321. The molecule has 2 aromatic rings. The highest BCUT2D eigenvalue weighted by Gasteiger charge is 2.04. The zero-order chi connectivity index (χ0) is 13.7. The number of thioether (sulfide) groups is 1. The Morgan fingerprint density at radius 3 is 2.37 bits per heavy atom. The third-order valence-corrected chi connectivity index (χ3v) is 4.09. The summed E-state index contributed by atoms with van der Waals surface area (Å²) in [4.78, 5) is 1.14. The summed E-state index contributed by atoms with van der Waals surface area (Å²) in [5.41, 5.74) is 2.03. The van der Waals surface area contributed by atoms with Crippen LogP contribution in [0.5, 0.6) is 5.75 Å². The third kappa shape index (κ3) is 3.88. The number of ether oxygens (including phenoxy) is 1. The van der Waals surface area contributed by atoms with Crippen LogP contribution in [-0.2, 0) is 11.6 Å². The van der Waals surface area contributed by atoms with Crippen molar-refractivity contribution in [3.05, 3.63) is 59.4 Å².